The van der Waals surface area contributed by atoms with E-state index in [4.69, 9.17) is 4.42 Å². The first-order valence-corrected chi connectivity index (χ1v) is 11.6. The summed E-state index contributed by atoms with van der Waals surface area (Å²) in [5.74, 6) is 1.99. The Morgan fingerprint density at radius 3 is 2.63 bits per heavy atom. The van der Waals surface area contributed by atoms with E-state index in [1.54, 1.807) is 0 Å². The van der Waals surface area contributed by atoms with Crippen LogP contribution in [-0.4, -0.2) is 75.9 Å². The first-order chi connectivity index (χ1) is 14.6. The van der Waals surface area contributed by atoms with Gasteiger partial charge in [0.2, 0.25) is 11.6 Å². The van der Waals surface area contributed by atoms with Gasteiger partial charge in [-0.3, -0.25) is 14.6 Å². The van der Waals surface area contributed by atoms with Crippen molar-refractivity contribution in [1.29, 1.82) is 0 Å². The van der Waals surface area contributed by atoms with E-state index in [2.05, 4.69) is 31.6 Å². The molecule has 7 nitrogen and oxygen atoms in total. The zero-order valence-corrected chi connectivity index (χ0v) is 18.3. The molecule has 4 heterocycles. The fraction of sp³-hybridized carbons (Fsp3) is 0.696. The minimum atomic E-state index is 0.255. The summed E-state index contributed by atoms with van der Waals surface area (Å²) < 4.78 is 6.15. The highest BCUT2D eigenvalue weighted by Crippen LogP contribution is 2.32. The van der Waals surface area contributed by atoms with E-state index in [9.17, 15) is 4.79 Å². The molecule has 0 unspecified atom stereocenters. The van der Waals surface area contributed by atoms with Crippen LogP contribution in [-0.2, 0) is 24.2 Å². The standard InChI is InChI=1S/C23H33N5O2/c1-3-5-19-22-18-8-9-26(14-20(18)30-23(22)25-16(2)24-19)15-21(29)28-12-10-27(11-13-28)17-6-4-7-17/h17H,3-15H2,1-2H3. The van der Waals surface area contributed by atoms with Gasteiger partial charge in [-0.15, -0.1) is 0 Å². The summed E-state index contributed by atoms with van der Waals surface area (Å²) in [4.78, 5) is 29.0. The number of amides is 1. The summed E-state index contributed by atoms with van der Waals surface area (Å²) in [7, 11) is 0. The molecule has 2 fully saturated rings. The van der Waals surface area contributed by atoms with Crippen LogP contribution in [0.4, 0.5) is 0 Å². The molecule has 0 bridgehead atoms. The minimum Gasteiger partial charge on any atom is -0.441 e. The van der Waals surface area contributed by atoms with Crippen LogP contribution in [0.25, 0.3) is 11.1 Å². The van der Waals surface area contributed by atoms with Gasteiger partial charge >= 0.3 is 0 Å². The van der Waals surface area contributed by atoms with Crippen molar-refractivity contribution in [3.63, 3.8) is 0 Å². The Morgan fingerprint density at radius 1 is 1.13 bits per heavy atom. The SMILES string of the molecule is CCCc1nc(C)nc2oc3c(c12)CCN(CC(=O)N1CCN(C2CCC2)CC1)C3. The lowest BCUT2D eigenvalue weighted by atomic mass is 9.91. The highest BCUT2D eigenvalue weighted by Gasteiger charge is 2.31. The Morgan fingerprint density at radius 2 is 1.93 bits per heavy atom. The van der Waals surface area contributed by atoms with Gasteiger partial charge in [0.15, 0.2) is 0 Å². The van der Waals surface area contributed by atoms with E-state index in [1.807, 2.05) is 6.92 Å². The maximum absolute atomic E-state index is 12.9. The second kappa shape index (κ2) is 8.27. The van der Waals surface area contributed by atoms with Gasteiger partial charge < -0.3 is 9.32 Å². The van der Waals surface area contributed by atoms with Gasteiger partial charge in [-0.2, -0.15) is 4.98 Å². The van der Waals surface area contributed by atoms with Crippen molar-refractivity contribution in [2.75, 3.05) is 39.3 Å². The average molecular weight is 412 g/mol. The quantitative estimate of drug-likeness (QED) is 0.753. The van der Waals surface area contributed by atoms with Gasteiger partial charge in [0.25, 0.3) is 0 Å². The average Bonchev–Trinajstić information content (AvgIpc) is 3.04. The smallest absolute Gasteiger partial charge is 0.236 e. The van der Waals surface area contributed by atoms with Gasteiger partial charge in [-0.25, -0.2) is 4.98 Å². The Balaban J connectivity index is 1.24. The van der Waals surface area contributed by atoms with Crippen LogP contribution in [0.5, 0.6) is 0 Å². The molecule has 3 aliphatic rings. The zero-order chi connectivity index (χ0) is 20.7. The van der Waals surface area contributed by atoms with Crippen molar-refractivity contribution in [2.45, 2.75) is 65.0 Å². The van der Waals surface area contributed by atoms with E-state index >= 15 is 0 Å². The molecule has 30 heavy (non-hydrogen) atoms. The molecule has 1 saturated carbocycles. The van der Waals surface area contributed by atoms with Crippen molar-refractivity contribution in [2.24, 2.45) is 0 Å². The van der Waals surface area contributed by atoms with Crippen molar-refractivity contribution in [3.05, 3.63) is 22.8 Å². The third-order valence-electron chi connectivity index (χ3n) is 7.07. The van der Waals surface area contributed by atoms with Crippen LogP contribution in [0.2, 0.25) is 0 Å². The number of hydrogen-bond acceptors (Lipinski definition) is 6. The number of fused-ring (bicyclic) bond motifs is 3. The van der Waals surface area contributed by atoms with Crippen LogP contribution in [0, 0.1) is 6.92 Å². The van der Waals surface area contributed by atoms with Crippen molar-refractivity contribution in [1.82, 2.24) is 24.7 Å². The molecule has 5 rings (SSSR count). The lowest BCUT2D eigenvalue weighted by Crippen LogP contribution is -2.55. The Bertz CT molecular complexity index is 927. The van der Waals surface area contributed by atoms with Gasteiger partial charge in [-0.1, -0.05) is 19.8 Å². The number of hydrogen-bond donors (Lipinski definition) is 0. The summed E-state index contributed by atoms with van der Waals surface area (Å²) in [6, 6.07) is 0.778. The maximum Gasteiger partial charge on any atom is 0.236 e. The Kier molecular flexibility index (Phi) is 5.50. The van der Waals surface area contributed by atoms with Crippen LogP contribution in [0.3, 0.4) is 0 Å². The van der Waals surface area contributed by atoms with Crippen molar-refractivity contribution < 1.29 is 9.21 Å². The predicted octanol–water partition coefficient (Wildman–Crippen LogP) is 2.54. The Hall–Kier alpha value is -1.99. The number of carbonyl (C=O) groups is 1. The minimum absolute atomic E-state index is 0.255. The number of nitrogens with zero attached hydrogens (tertiary/aromatic N) is 5. The third kappa shape index (κ3) is 3.73. The predicted molar refractivity (Wildman–Crippen MR) is 115 cm³/mol. The number of aryl methyl sites for hydroxylation is 2. The van der Waals surface area contributed by atoms with Gasteiger partial charge in [-0.05, 0) is 32.6 Å². The second-order valence-electron chi connectivity index (χ2n) is 9.11. The zero-order valence-electron chi connectivity index (χ0n) is 18.3. The van der Waals surface area contributed by atoms with Crippen molar-refractivity contribution >= 4 is 17.0 Å². The largest absolute Gasteiger partial charge is 0.441 e. The molecule has 2 aliphatic heterocycles. The third-order valence-corrected chi connectivity index (χ3v) is 7.07. The van der Waals surface area contributed by atoms with Crippen molar-refractivity contribution in [3.8, 4) is 0 Å². The van der Waals surface area contributed by atoms with E-state index in [0.717, 1.165) is 86.4 Å². The van der Waals surface area contributed by atoms with Gasteiger partial charge in [0.05, 0.1) is 24.2 Å². The fourth-order valence-electron chi connectivity index (χ4n) is 5.17. The molecule has 1 aliphatic carbocycles. The molecule has 2 aromatic rings. The fourth-order valence-corrected chi connectivity index (χ4v) is 5.17. The molecule has 0 radical (unpaired) electrons. The highest BCUT2D eigenvalue weighted by molar-refractivity contribution is 5.82. The lowest BCUT2D eigenvalue weighted by Gasteiger charge is -2.43. The number of piperazine rings is 1. The summed E-state index contributed by atoms with van der Waals surface area (Å²) in [5.41, 5.74) is 3.08. The van der Waals surface area contributed by atoms with E-state index < -0.39 is 0 Å². The summed E-state index contributed by atoms with van der Waals surface area (Å²) >= 11 is 0. The molecule has 0 N–H and O–H groups in total. The highest BCUT2D eigenvalue weighted by atomic mass is 16.3. The molecule has 1 amide bonds. The lowest BCUT2D eigenvalue weighted by molar-refractivity contribution is -0.135. The molecular weight excluding hydrogens is 378 g/mol. The normalized spacial score (nSPS) is 21.1. The molecule has 2 aromatic heterocycles. The maximum atomic E-state index is 12.9. The van der Waals surface area contributed by atoms with E-state index in [1.165, 1.54) is 24.8 Å². The van der Waals surface area contributed by atoms with E-state index in [-0.39, 0.29) is 5.91 Å². The first-order valence-electron chi connectivity index (χ1n) is 11.6. The molecule has 0 atom stereocenters. The van der Waals surface area contributed by atoms with Crippen LogP contribution < -0.4 is 0 Å². The molecular formula is C23H33N5O2. The summed E-state index contributed by atoms with van der Waals surface area (Å²) in [6.45, 7) is 9.95. The second-order valence-corrected chi connectivity index (χ2v) is 9.11. The molecule has 0 aromatic carbocycles. The number of aromatic nitrogens is 2. The first kappa shape index (κ1) is 19.9. The van der Waals surface area contributed by atoms with Gasteiger partial charge in [0.1, 0.15) is 11.6 Å². The molecule has 7 heteroatoms. The topological polar surface area (TPSA) is 65.7 Å². The van der Waals surface area contributed by atoms with Crippen LogP contribution in [0.1, 0.15) is 55.4 Å². The monoisotopic (exact) mass is 411 g/mol. The van der Waals surface area contributed by atoms with Crippen LogP contribution in [0.15, 0.2) is 4.42 Å². The van der Waals surface area contributed by atoms with E-state index in [0.29, 0.717) is 13.1 Å². The number of carbonyl (C=O) groups excluding carboxylic acids is 1. The summed E-state index contributed by atoms with van der Waals surface area (Å²) in [5, 5.41) is 1.12. The number of rotatable bonds is 5. The summed E-state index contributed by atoms with van der Waals surface area (Å²) in [6.07, 6.45) is 6.94. The Labute approximate surface area is 178 Å². The van der Waals surface area contributed by atoms with Gasteiger partial charge in [0, 0.05) is 44.3 Å². The van der Waals surface area contributed by atoms with Crippen LogP contribution >= 0.6 is 0 Å². The molecule has 1 saturated heterocycles. The molecule has 162 valence electrons. The number of furan rings is 1. The molecule has 0 spiro atoms.